The predicted molar refractivity (Wildman–Crippen MR) is 70.6 cm³/mol. The van der Waals surface area contributed by atoms with Crippen molar-refractivity contribution in [1.82, 2.24) is 4.72 Å². The van der Waals surface area contributed by atoms with Crippen LogP contribution in [0.15, 0.2) is 24.3 Å². The van der Waals surface area contributed by atoms with Gasteiger partial charge in [0.1, 0.15) is 0 Å². The maximum atomic E-state index is 11.9. The minimum Gasteiger partial charge on any atom is -0.389 e. The first-order chi connectivity index (χ1) is 8.94. The van der Waals surface area contributed by atoms with Gasteiger partial charge in [0.25, 0.3) is 0 Å². The zero-order valence-electron chi connectivity index (χ0n) is 10.5. The number of hydrogen-bond acceptors (Lipinski definition) is 4. The molecule has 102 valence electrons. The van der Waals surface area contributed by atoms with E-state index in [1.54, 1.807) is 24.3 Å². The van der Waals surface area contributed by atoms with Gasteiger partial charge in [-0.2, -0.15) is 5.26 Å². The number of nitriles is 1. The minimum atomic E-state index is -3.54. The molecule has 0 aliphatic heterocycles. The van der Waals surface area contributed by atoms with Crippen molar-refractivity contribution in [2.24, 2.45) is 0 Å². The summed E-state index contributed by atoms with van der Waals surface area (Å²) in [7, 11) is -3.54. The summed E-state index contributed by atoms with van der Waals surface area (Å²) in [5.74, 6) is -0.243. The van der Waals surface area contributed by atoms with Gasteiger partial charge in [0.15, 0.2) is 0 Å². The SMILES string of the molecule is N#Cc1ccccc1CS(=O)(=O)NCC1(O)CCC1. The molecule has 1 aliphatic rings. The lowest BCUT2D eigenvalue weighted by Gasteiger charge is -2.36. The number of nitrogens with one attached hydrogen (secondary N) is 1. The topological polar surface area (TPSA) is 90.2 Å². The van der Waals surface area contributed by atoms with Crippen molar-refractivity contribution < 1.29 is 13.5 Å². The Kier molecular flexibility index (Phi) is 3.90. The monoisotopic (exact) mass is 280 g/mol. The summed E-state index contributed by atoms with van der Waals surface area (Å²) in [4.78, 5) is 0. The summed E-state index contributed by atoms with van der Waals surface area (Å²) in [6.45, 7) is 0.0457. The number of benzene rings is 1. The van der Waals surface area contributed by atoms with Crippen molar-refractivity contribution in [3.05, 3.63) is 35.4 Å². The Hall–Kier alpha value is -1.42. The van der Waals surface area contributed by atoms with E-state index in [-0.39, 0.29) is 12.3 Å². The summed E-state index contributed by atoms with van der Waals surface area (Å²) >= 11 is 0. The third kappa shape index (κ3) is 3.53. The Balaban J connectivity index is 2.03. The van der Waals surface area contributed by atoms with Crippen LogP contribution in [0.25, 0.3) is 0 Å². The van der Waals surface area contributed by atoms with Gasteiger partial charge in [0.05, 0.1) is 23.0 Å². The molecule has 2 N–H and O–H groups in total. The highest BCUT2D eigenvalue weighted by Crippen LogP contribution is 2.30. The molecule has 19 heavy (non-hydrogen) atoms. The van der Waals surface area contributed by atoms with Crippen molar-refractivity contribution in [1.29, 1.82) is 5.26 Å². The second-order valence-corrected chi connectivity index (χ2v) is 6.73. The molecule has 1 aromatic carbocycles. The van der Waals surface area contributed by atoms with E-state index in [0.29, 0.717) is 24.0 Å². The van der Waals surface area contributed by atoms with Crippen LogP contribution in [0.4, 0.5) is 0 Å². The van der Waals surface area contributed by atoms with E-state index in [9.17, 15) is 13.5 Å². The first-order valence-corrected chi connectivity index (χ1v) is 7.77. The molecule has 1 aromatic rings. The van der Waals surface area contributed by atoms with Crippen LogP contribution >= 0.6 is 0 Å². The van der Waals surface area contributed by atoms with E-state index in [4.69, 9.17) is 5.26 Å². The molecule has 0 bridgehead atoms. The number of aliphatic hydroxyl groups is 1. The number of hydrogen-bond donors (Lipinski definition) is 2. The molecule has 1 aliphatic carbocycles. The van der Waals surface area contributed by atoms with Gasteiger partial charge in [-0.1, -0.05) is 18.2 Å². The normalized spacial score (nSPS) is 17.5. The van der Waals surface area contributed by atoms with E-state index in [1.807, 2.05) is 6.07 Å². The largest absolute Gasteiger partial charge is 0.389 e. The summed E-state index contributed by atoms with van der Waals surface area (Å²) in [5.41, 5.74) is -0.0599. The van der Waals surface area contributed by atoms with Crippen LogP contribution in [0.2, 0.25) is 0 Å². The maximum absolute atomic E-state index is 11.9. The van der Waals surface area contributed by atoms with Crippen LogP contribution in [-0.4, -0.2) is 25.7 Å². The molecular formula is C13H16N2O3S. The Bertz CT molecular complexity index is 601. The molecule has 0 saturated heterocycles. The number of rotatable bonds is 5. The lowest BCUT2D eigenvalue weighted by atomic mass is 9.81. The van der Waals surface area contributed by atoms with Crippen LogP contribution in [0, 0.1) is 11.3 Å². The van der Waals surface area contributed by atoms with Crippen LogP contribution in [0.5, 0.6) is 0 Å². The van der Waals surface area contributed by atoms with Gasteiger partial charge >= 0.3 is 0 Å². The molecule has 0 amide bonds. The molecule has 0 spiro atoms. The van der Waals surface area contributed by atoms with Crippen LogP contribution in [-0.2, 0) is 15.8 Å². The van der Waals surface area contributed by atoms with Gasteiger partial charge in [0.2, 0.25) is 10.0 Å². The molecule has 2 rings (SSSR count). The molecule has 0 aromatic heterocycles. The van der Waals surface area contributed by atoms with Crippen molar-refractivity contribution in [3.63, 3.8) is 0 Å². The summed E-state index contributed by atoms with van der Waals surface area (Å²) in [6.07, 6.45) is 2.18. The fraction of sp³-hybridized carbons (Fsp3) is 0.462. The van der Waals surface area contributed by atoms with E-state index >= 15 is 0 Å². The lowest BCUT2D eigenvalue weighted by molar-refractivity contribution is -0.0271. The van der Waals surface area contributed by atoms with Gasteiger partial charge in [-0.3, -0.25) is 0 Å². The Morgan fingerprint density at radius 3 is 2.63 bits per heavy atom. The smallest absolute Gasteiger partial charge is 0.215 e. The van der Waals surface area contributed by atoms with Gasteiger partial charge in [-0.05, 0) is 30.9 Å². The third-order valence-corrected chi connectivity index (χ3v) is 4.66. The van der Waals surface area contributed by atoms with E-state index < -0.39 is 15.6 Å². The van der Waals surface area contributed by atoms with Crippen LogP contribution in [0.3, 0.4) is 0 Å². The minimum absolute atomic E-state index is 0.0457. The fourth-order valence-electron chi connectivity index (χ4n) is 2.02. The zero-order valence-corrected chi connectivity index (χ0v) is 11.3. The summed E-state index contributed by atoms with van der Waals surface area (Å²) in [6, 6.07) is 8.57. The standard InChI is InChI=1S/C13H16N2O3S/c14-8-11-4-1-2-5-12(11)9-19(17,18)15-10-13(16)6-3-7-13/h1-2,4-5,15-16H,3,6-7,9-10H2. The number of nitrogens with zero attached hydrogens (tertiary/aromatic N) is 1. The van der Waals surface area contributed by atoms with Gasteiger partial charge in [-0.25, -0.2) is 13.1 Å². The highest BCUT2D eigenvalue weighted by Gasteiger charge is 2.35. The molecule has 0 atom stereocenters. The van der Waals surface area contributed by atoms with E-state index in [1.165, 1.54) is 0 Å². The Labute approximate surface area is 112 Å². The quantitative estimate of drug-likeness (QED) is 0.838. The van der Waals surface area contributed by atoms with Crippen molar-refractivity contribution in [2.45, 2.75) is 30.6 Å². The van der Waals surface area contributed by atoms with Crippen LogP contribution in [0.1, 0.15) is 30.4 Å². The highest BCUT2D eigenvalue weighted by atomic mass is 32.2. The van der Waals surface area contributed by atoms with Gasteiger partial charge in [-0.15, -0.1) is 0 Å². The van der Waals surface area contributed by atoms with Gasteiger partial charge in [0, 0.05) is 6.54 Å². The second-order valence-electron chi connectivity index (χ2n) is 4.93. The van der Waals surface area contributed by atoms with E-state index in [0.717, 1.165) is 6.42 Å². The average Bonchev–Trinajstić information content (AvgIpc) is 2.34. The first-order valence-electron chi connectivity index (χ1n) is 6.12. The lowest BCUT2D eigenvalue weighted by Crippen LogP contribution is -2.47. The average molecular weight is 280 g/mol. The molecule has 5 nitrogen and oxygen atoms in total. The summed E-state index contributed by atoms with van der Waals surface area (Å²) < 4.78 is 26.3. The molecule has 1 fully saturated rings. The van der Waals surface area contributed by atoms with Crippen LogP contribution < -0.4 is 4.72 Å². The molecule has 6 heteroatoms. The number of sulfonamides is 1. The molecule has 1 saturated carbocycles. The van der Waals surface area contributed by atoms with Gasteiger partial charge < -0.3 is 5.11 Å². The second kappa shape index (κ2) is 5.29. The molecular weight excluding hydrogens is 264 g/mol. The van der Waals surface area contributed by atoms with Crippen molar-refractivity contribution in [2.75, 3.05) is 6.54 Å². The molecule has 0 unspecified atom stereocenters. The van der Waals surface area contributed by atoms with Crippen molar-refractivity contribution >= 4 is 10.0 Å². The van der Waals surface area contributed by atoms with Crippen molar-refractivity contribution in [3.8, 4) is 6.07 Å². The Morgan fingerprint density at radius 1 is 1.37 bits per heavy atom. The van der Waals surface area contributed by atoms with E-state index in [2.05, 4.69) is 4.72 Å². The molecule has 0 heterocycles. The summed E-state index contributed by atoms with van der Waals surface area (Å²) in [5, 5.41) is 18.8. The first kappa shape index (κ1) is 14.0. The highest BCUT2D eigenvalue weighted by molar-refractivity contribution is 7.88. The zero-order chi connectivity index (χ0) is 13.9. The predicted octanol–water partition coefficient (Wildman–Crippen LogP) is 0.893. The molecule has 0 radical (unpaired) electrons. The maximum Gasteiger partial charge on any atom is 0.215 e. The third-order valence-electron chi connectivity index (χ3n) is 3.39. The Morgan fingerprint density at radius 2 is 2.05 bits per heavy atom. The fourth-order valence-corrected chi connectivity index (χ4v) is 3.27.